The van der Waals surface area contributed by atoms with E-state index in [2.05, 4.69) is 25.3 Å². The standard InChI is InChI=1S/C24H29F3N6S/c1-31-22(17-6-4-10-28-14-17)29-30-23(31)34-13-5-11-32-15-18-9-12-33(21(18)16-32)20-8-3-2-7-19(20)24(25,26)27/h2-4,6-8,10,14,18,21,23,30H,5,9,11-13,15-16H2,1H3/t18-,21+,23?/m0/s1. The van der Waals surface area contributed by atoms with Crippen LogP contribution in [0, 0.1) is 5.92 Å². The van der Waals surface area contributed by atoms with E-state index in [9.17, 15) is 13.2 Å². The van der Waals surface area contributed by atoms with Gasteiger partial charge in [-0.05, 0) is 55.3 Å². The number of hydrazone groups is 1. The quantitative estimate of drug-likeness (QED) is 0.594. The Hall–Kier alpha value is -2.46. The van der Waals surface area contributed by atoms with Gasteiger partial charge >= 0.3 is 6.18 Å². The number of nitrogens with zero attached hydrogens (tertiary/aromatic N) is 5. The molecular formula is C24H29F3N6S. The van der Waals surface area contributed by atoms with Crippen LogP contribution in [0.3, 0.4) is 0 Å². The van der Waals surface area contributed by atoms with Gasteiger partial charge in [-0.2, -0.15) is 18.3 Å². The van der Waals surface area contributed by atoms with Crippen molar-refractivity contribution in [3.8, 4) is 0 Å². The zero-order chi connectivity index (χ0) is 23.7. The van der Waals surface area contributed by atoms with E-state index in [4.69, 9.17) is 0 Å². The highest BCUT2D eigenvalue weighted by Crippen LogP contribution is 2.41. The van der Waals surface area contributed by atoms with Gasteiger partial charge in [-0.1, -0.05) is 12.1 Å². The van der Waals surface area contributed by atoms with E-state index in [0.29, 0.717) is 18.2 Å². The summed E-state index contributed by atoms with van der Waals surface area (Å²) in [6.07, 6.45) is 1.21. The molecule has 2 saturated heterocycles. The first-order chi connectivity index (χ1) is 16.4. The van der Waals surface area contributed by atoms with Gasteiger partial charge in [-0.15, -0.1) is 11.8 Å². The third-order valence-corrected chi connectivity index (χ3v) is 8.18. The van der Waals surface area contributed by atoms with E-state index in [-0.39, 0.29) is 11.5 Å². The maximum atomic E-state index is 13.5. The summed E-state index contributed by atoms with van der Waals surface area (Å²) in [6, 6.07) is 10.1. The van der Waals surface area contributed by atoms with E-state index in [1.54, 1.807) is 18.3 Å². The van der Waals surface area contributed by atoms with Crippen LogP contribution in [-0.4, -0.2) is 71.1 Å². The van der Waals surface area contributed by atoms with Crippen molar-refractivity contribution in [3.05, 3.63) is 59.9 Å². The second-order valence-electron chi connectivity index (χ2n) is 9.08. The lowest BCUT2D eigenvalue weighted by Gasteiger charge is -2.29. The van der Waals surface area contributed by atoms with Crippen LogP contribution in [0.25, 0.3) is 0 Å². The normalized spacial score (nSPS) is 24.9. The van der Waals surface area contributed by atoms with E-state index in [0.717, 1.165) is 49.6 Å². The van der Waals surface area contributed by atoms with Crippen LogP contribution < -0.4 is 10.3 Å². The number of anilines is 1. The predicted octanol–water partition coefficient (Wildman–Crippen LogP) is 3.91. The Morgan fingerprint density at radius 1 is 1.15 bits per heavy atom. The maximum Gasteiger partial charge on any atom is 0.418 e. The van der Waals surface area contributed by atoms with Gasteiger partial charge in [0.25, 0.3) is 0 Å². The van der Waals surface area contributed by atoms with E-state index < -0.39 is 11.7 Å². The van der Waals surface area contributed by atoms with Crippen LogP contribution in [0.15, 0.2) is 53.9 Å². The first-order valence-corrected chi connectivity index (χ1v) is 12.7. The average Bonchev–Trinajstić information content (AvgIpc) is 3.51. The zero-order valence-electron chi connectivity index (χ0n) is 19.1. The second kappa shape index (κ2) is 9.65. The molecule has 1 N–H and O–H groups in total. The summed E-state index contributed by atoms with van der Waals surface area (Å²) in [5.74, 6) is 2.30. The van der Waals surface area contributed by atoms with Crippen molar-refractivity contribution < 1.29 is 13.2 Å². The van der Waals surface area contributed by atoms with Crippen molar-refractivity contribution in [2.24, 2.45) is 11.0 Å². The Balaban J connectivity index is 1.10. The fraction of sp³-hybridized carbons (Fsp3) is 0.500. The molecule has 3 aliphatic heterocycles. The highest BCUT2D eigenvalue weighted by Gasteiger charge is 2.44. The van der Waals surface area contributed by atoms with E-state index in [1.807, 2.05) is 42.0 Å². The lowest BCUT2D eigenvalue weighted by atomic mass is 10.0. The molecule has 5 rings (SSSR count). The van der Waals surface area contributed by atoms with Crippen LogP contribution in [0.5, 0.6) is 0 Å². The smallest absolute Gasteiger partial charge is 0.366 e. The minimum Gasteiger partial charge on any atom is -0.366 e. The van der Waals surface area contributed by atoms with Crippen molar-refractivity contribution >= 4 is 23.3 Å². The number of amidine groups is 1. The summed E-state index contributed by atoms with van der Waals surface area (Å²) < 4.78 is 40.6. The molecule has 0 bridgehead atoms. The van der Waals surface area contributed by atoms with Gasteiger partial charge in [0.1, 0.15) is 0 Å². The van der Waals surface area contributed by atoms with Gasteiger partial charge in [-0.25, -0.2) is 0 Å². The summed E-state index contributed by atoms with van der Waals surface area (Å²) >= 11 is 1.82. The largest absolute Gasteiger partial charge is 0.418 e. The SMILES string of the molecule is CN1C(c2cccnc2)=NNC1SCCCN1C[C@@H]2CCN(c3ccccc3C(F)(F)F)[C@@H]2C1. The molecule has 4 heterocycles. The second-order valence-corrected chi connectivity index (χ2v) is 10.3. The fourth-order valence-electron chi connectivity index (χ4n) is 5.28. The molecule has 10 heteroatoms. The van der Waals surface area contributed by atoms with Crippen LogP contribution in [0.2, 0.25) is 0 Å². The third-order valence-electron chi connectivity index (χ3n) is 6.92. The van der Waals surface area contributed by atoms with Crippen LogP contribution in [0.1, 0.15) is 24.0 Å². The summed E-state index contributed by atoms with van der Waals surface area (Å²) in [6.45, 7) is 3.46. The van der Waals surface area contributed by atoms with Crippen LogP contribution >= 0.6 is 11.8 Å². The molecule has 3 atom stereocenters. The average molecular weight is 491 g/mol. The molecule has 1 aromatic heterocycles. The number of nitrogens with one attached hydrogen (secondary N) is 1. The molecule has 3 aliphatic rings. The molecule has 0 saturated carbocycles. The number of para-hydroxylation sites is 1. The first kappa shape index (κ1) is 23.3. The number of alkyl halides is 3. The number of likely N-dealkylation sites (tertiary alicyclic amines) is 1. The molecule has 182 valence electrons. The molecule has 2 aromatic rings. The molecule has 0 spiro atoms. The maximum absolute atomic E-state index is 13.5. The first-order valence-electron chi connectivity index (χ1n) is 11.6. The summed E-state index contributed by atoms with van der Waals surface area (Å²) in [5, 5.41) is 4.46. The predicted molar refractivity (Wildman–Crippen MR) is 130 cm³/mol. The highest BCUT2D eigenvalue weighted by atomic mass is 32.2. The number of benzene rings is 1. The number of rotatable bonds is 7. The number of fused-ring (bicyclic) bond motifs is 1. The lowest BCUT2D eigenvalue weighted by Crippen LogP contribution is -2.37. The summed E-state index contributed by atoms with van der Waals surface area (Å²) in [4.78, 5) is 10.7. The number of aromatic nitrogens is 1. The van der Waals surface area contributed by atoms with Gasteiger partial charge in [-0.3, -0.25) is 10.4 Å². The molecule has 1 aromatic carbocycles. The Morgan fingerprint density at radius 3 is 2.79 bits per heavy atom. The summed E-state index contributed by atoms with van der Waals surface area (Å²) in [7, 11) is 2.03. The van der Waals surface area contributed by atoms with E-state index >= 15 is 0 Å². The van der Waals surface area contributed by atoms with Crippen molar-refractivity contribution in [2.75, 3.05) is 43.9 Å². The molecule has 0 amide bonds. The topological polar surface area (TPSA) is 47.0 Å². The monoisotopic (exact) mass is 490 g/mol. The van der Waals surface area contributed by atoms with Gasteiger partial charge in [0.05, 0.1) is 5.56 Å². The Labute approximate surface area is 202 Å². The number of hydrogen-bond donors (Lipinski definition) is 1. The van der Waals surface area contributed by atoms with Gasteiger partial charge in [0, 0.05) is 56.4 Å². The molecule has 1 unspecified atom stereocenters. The number of halogens is 3. The van der Waals surface area contributed by atoms with Crippen LogP contribution in [0.4, 0.5) is 18.9 Å². The van der Waals surface area contributed by atoms with Gasteiger partial charge in [0.2, 0.25) is 0 Å². The van der Waals surface area contributed by atoms with Gasteiger partial charge < -0.3 is 14.7 Å². The Morgan fingerprint density at radius 2 is 2.00 bits per heavy atom. The van der Waals surface area contributed by atoms with Crippen molar-refractivity contribution in [1.82, 2.24) is 20.2 Å². The summed E-state index contributed by atoms with van der Waals surface area (Å²) in [5.41, 5.74) is 4.08. The number of thioether (sulfide) groups is 1. The Kier molecular flexibility index (Phi) is 6.61. The van der Waals surface area contributed by atoms with Crippen molar-refractivity contribution in [1.29, 1.82) is 0 Å². The molecule has 0 aliphatic carbocycles. The minimum atomic E-state index is -4.33. The van der Waals surface area contributed by atoms with Crippen molar-refractivity contribution in [2.45, 2.75) is 30.6 Å². The minimum absolute atomic E-state index is 0.0857. The Bertz CT molecular complexity index is 1020. The van der Waals surface area contributed by atoms with Crippen LogP contribution in [-0.2, 0) is 6.18 Å². The molecular weight excluding hydrogens is 461 g/mol. The highest BCUT2D eigenvalue weighted by molar-refractivity contribution is 7.99. The molecule has 6 nitrogen and oxygen atoms in total. The lowest BCUT2D eigenvalue weighted by molar-refractivity contribution is -0.137. The molecule has 2 fully saturated rings. The number of hydrogen-bond acceptors (Lipinski definition) is 7. The molecule has 0 radical (unpaired) electrons. The van der Waals surface area contributed by atoms with E-state index in [1.165, 1.54) is 12.1 Å². The molecule has 34 heavy (non-hydrogen) atoms. The fourth-order valence-corrected chi connectivity index (χ4v) is 6.25. The van der Waals surface area contributed by atoms with Crippen molar-refractivity contribution in [3.63, 3.8) is 0 Å². The number of pyridine rings is 1. The van der Waals surface area contributed by atoms with Gasteiger partial charge in [0.15, 0.2) is 11.3 Å². The zero-order valence-corrected chi connectivity index (χ0v) is 19.9. The third kappa shape index (κ3) is 4.70.